The lowest BCUT2D eigenvalue weighted by atomic mass is 10.2. The number of aromatic nitrogens is 1. The molecule has 84 valence electrons. The van der Waals surface area contributed by atoms with Crippen molar-refractivity contribution in [3.63, 3.8) is 0 Å². The molecule has 0 bridgehead atoms. The maximum absolute atomic E-state index is 12.4. The van der Waals surface area contributed by atoms with Crippen LogP contribution in [-0.2, 0) is 6.18 Å². The summed E-state index contributed by atoms with van der Waals surface area (Å²) in [7, 11) is 0. The van der Waals surface area contributed by atoms with Gasteiger partial charge in [-0.2, -0.15) is 13.2 Å². The number of carbonyl (C=O) groups is 1. The van der Waals surface area contributed by atoms with Crippen LogP contribution in [0.2, 0.25) is 5.02 Å². The summed E-state index contributed by atoms with van der Waals surface area (Å²) in [6.45, 7) is 0. The number of aromatic amines is 1. The van der Waals surface area contributed by atoms with Crippen LogP contribution in [0.15, 0.2) is 18.2 Å². The first-order valence-electron chi connectivity index (χ1n) is 4.26. The van der Waals surface area contributed by atoms with Gasteiger partial charge in [0.25, 0.3) is 0 Å². The molecule has 0 amide bonds. The summed E-state index contributed by atoms with van der Waals surface area (Å²) in [6, 6.07) is 3.56. The van der Waals surface area contributed by atoms with E-state index in [1.165, 1.54) is 12.1 Å². The van der Waals surface area contributed by atoms with Gasteiger partial charge in [0.05, 0.1) is 5.02 Å². The van der Waals surface area contributed by atoms with E-state index < -0.39 is 11.9 Å². The average Bonchev–Trinajstić information content (AvgIpc) is 2.58. The first kappa shape index (κ1) is 11.0. The zero-order valence-corrected chi connectivity index (χ0v) is 8.49. The molecular formula is C10H5ClF3NO. The van der Waals surface area contributed by atoms with Gasteiger partial charge in [-0.25, -0.2) is 0 Å². The molecule has 1 heterocycles. The number of fused-ring (bicyclic) bond motifs is 1. The molecular weight excluding hydrogens is 243 g/mol. The number of halogens is 4. The zero-order valence-electron chi connectivity index (χ0n) is 7.73. The normalized spacial score (nSPS) is 12.0. The van der Waals surface area contributed by atoms with Crippen LogP contribution in [0.5, 0.6) is 0 Å². The Morgan fingerprint density at radius 3 is 2.50 bits per heavy atom. The monoisotopic (exact) mass is 247 g/mol. The molecule has 16 heavy (non-hydrogen) atoms. The Hall–Kier alpha value is -1.49. The predicted molar refractivity (Wildman–Crippen MR) is 53.7 cm³/mol. The van der Waals surface area contributed by atoms with E-state index >= 15 is 0 Å². The third kappa shape index (κ3) is 1.78. The molecule has 1 N–H and O–H groups in total. The van der Waals surface area contributed by atoms with E-state index in [0.29, 0.717) is 11.7 Å². The Morgan fingerprint density at radius 2 is 1.94 bits per heavy atom. The Balaban J connectivity index is 2.67. The number of alkyl halides is 3. The van der Waals surface area contributed by atoms with Crippen molar-refractivity contribution in [2.45, 2.75) is 6.18 Å². The molecule has 2 rings (SSSR count). The quantitative estimate of drug-likeness (QED) is 0.767. The van der Waals surface area contributed by atoms with Crippen LogP contribution in [0.25, 0.3) is 10.9 Å². The van der Waals surface area contributed by atoms with Crippen molar-refractivity contribution < 1.29 is 18.0 Å². The second-order valence-corrected chi connectivity index (χ2v) is 3.67. The molecule has 0 saturated heterocycles. The number of aldehydes is 1. The number of H-pyrrole nitrogens is 1. The number of rotatable bonds is 1. The minimum absolute atomic E-state index is 0.123. The van der Waals surface area contributed by atoms with Gasteiger partial charge in [-0.3, -0.25) is 4.79 Å². The number of benzene rings is 1. The highest BCUT2D eigenvalue weighted by atomic mass is 35.5. The highest BCUT2D eigenvalue weighted by Crippen LogP contribution is 2.32. The molecule has 0 radical (unpaired) electrons. The molecule has 6 heteroatoms. The Kier molecular flexibility index (Phi) is 2.42. The predicted octanol–water partition coefficient (Wildman–Crippen LogP) is 3.65. The summed E-state index contributed by atoms with van der Waals surface area (Å²) < 4.78 is 37.1. The van der Waals surface area contributed by atoms with Crippen LogP contribution in [0.1, 0.15) is 16.1 Å². The molecule has 0 unspecified atom stereocenters. The molecule has 0 atom stereocenters. The van der Waals surface area contributed by atoms with Crippen molar-refractivity contribution in [2.75, 3.05) is 0 Å². The van der Waals surface area contributed by atoms with Gasteiger partial charge in [0.1, 0.15) is 5.69 Å². The Labute approximate surface area is 93.0 Å². The van der Waals surface area contributed by atoms with Crippen LogP contribution in [0.3, 0.4) is 0 Å². The Morgan fingerprint density at radius 1 is 1.25 bits per heavy atom. The van der Waals surface area contributed by atoms with Crippen molar-refractivity contribution >= 4 is 28.8 Å². The summed E-state index contributed by atoms with van der Waals surface area (Å²) in [5.41, 5.74) is -0.438. The van der Waals surface area contributed by atoms with Crippen LogP contribution >= 0.6 is 11.6 Å². The molecule has 0 fully saturated rings. The molecule has 0 aliphatic heterocycles. The van der Waals surface area contributed by atoms with E-state index in [1.807, 2.05) is 0 Å². The summed E-state index contributed by atoms with van der Waals surface area (Å²) >= 11 is 5.69. The van der Waals surface area contributed by atoms with Gasteiger partial charge in [-0.15, -0.1) is 0 Å². The molecule has 2 nitrogen and oxygen atoms in total. The smallest absolute Gasteiger partial charge is 0.351 e. The van der Waals surface area contributed by atoms with Crippen molar-refractivity contribution in [2.24, 2.45) is 0 Å². The highest BCUT2D eigenvalue weighted by molar-refractivity contribution is 6.33. The van der Waals surface area contributed by atoms with E-state index in [4.69, 9.17) is 11.6 Å². The van der Waals surface area contributed by atoms with Gasteiger partial charge < -0.3 is 4.98 Å². The number of hydrogen-bond donors (Lipinski definition) is 1. The maximum atomic E-state index is 12.4. The van der Waals surface area contributed by atoms with Crippen molar-refractivity contribution in [3.8, 4) is 0 Å². The highest BCUT2D eigenvalue weighted by Gasteiger charge is 2.32. The van der Waals surface area contributed by atoms with E-state index in [-0.39, 0.29) is 16.1 Å². The lowest BCUT2D eigenvalue weighted by Crippen LogP contribution is -2.04. The largest absolute Gasteiger partial charge is 0.431 e. The second kappa shape index (κ2) is 3.52. The molecule has 0 aliphatic rings. The maximum Gasteiger partial charge on any atom is 0.431 e. The van der Waals surface area contributed by atoms with Gasteiger partial charge in [0.15, 0.2) is 6.29 Å². The van der Waals surface area contributed by atoms with E-state index in [9.17, 15) is 18.0 Å². The van der Waals surface area contributed by atoms with Crippen LogP contribution in [0.4, 0.5) is 13.2 Å². The lowest BCUT2D eigenvalue weighted by Gasteiger charge is -2.00. The van der Waals surface area contributed by atoms with Gasteiger partial charge in [-0.1, -0.05) is 11.6 Å². The summed E-state index contributed by atoms with van der Waals surface area (Å²) in [5.74, 6) is 0. The first-order valence-corrected chi connectivity index (χ1v) is 4.64. The fraction of sp³-hybridized carbons (Fsp3) is 0.100. The molecule has 0 saturated carbocycles. The fourth-order valence-corrected chi connectivity index (χ4v) is 1.62. The summed E-state index contributed by atoms with van der Waals surface area (Å²) in [6.07, 6.45) is -3.94. The van der Waals surface area contributed by atoms with Crippen molar-refractivity contribution in [3.05, 3.63) is 34.5 Å². The molecule has 1 aromatic carbocycles. The summed E-state index contributed by atoms with van der Waals surface area (Å²) in [5, 5.41) is 0.428. The molecule has 0 spiro atoms. The van der Waals surface area contributed by atoms with Gasteiger partial charge in [0.2, 0.25) is 0 Å². The van der Waals surface area contributed by atoms with E-state index in [0.717, 1.165) is 6.07 Å². The van der Waals surface area contributed by atoms with Crippen LogP contribution < -0.4 is 0 Å². The van der Waals surface area contributed by atoms with Gasteiger partial charge >= 0.3 is 6.18 Å². The number of carbonyl (C=O) groups excluding carboxylic acids is 1. The SMILES string of the molecule is O=Cc1cc2cc(C(F)(F)F)[nH]c2cc1Cl. The van der Waals surface area contributed by atoms with Gasteiger partial charge in [0, 0.05) is 16.5 Å². The van der Waals surface area contributed by atoms with Crippen LogP contribution in [-0.4, -0.2) is 11.3 Å². The third-order valence-corrected chi connectivity index (χ3v) is 2.50. The van der Waals surface area contributed by atoms with Crippen molar-refractivity contribution in [1.29, 1.82) is 0 Å². The fourth-order valence-electron chi connectivity index (χ4n) is 1.41. The van der Waals surface area contributed by atoms with E-state index in [2.05, 4.69) is 4.98 Å². The van der Waals surface area contributed by atoms with Gasteiger partial charge in [-0.05, 0) is 18.2 Å². The third-order valence-electron chi connectivity index (χ3n) is 2.17. The van der Waals surface area contributed by atoms with Crippen LogP contribution in [0, 0.1) is 0 Å². The molecule has 1 aromatic heterocycles. The number of nitrogens with one attached hydrogen (secondary N) is 1. The standard InChI is InChI=1S/C10H5ClF3NO/c11-7-3-8-5(1-6(7)4-16)2-9(15-8)10(12,13)14/h1-4,15H. The summed E-state index contributed by atoms with van der Waals surface area (Å²) in [4.78, 5) is 12.8. The second-order valence-electron chi connectivity index (χ2n) is 3.26. The lowest BCUT2D eigenvalue weighted by molar-refractivity contribution is -0.140. The minimum Gasteiger partial charge on any atom is -0.351 e. The van der Waals surface area contributed by atoms with E-state index in [1.54, 1.807) is 0 Å². The zero-order chi connectivity index (χ0) is 11.9. The molecule has 2 aromatic rings. The molecule has 0 aliphatic carbocycles. The first-order chi connectivity index (χ1) is 7.41. The minimum atomic E-state index is -4.44. The van der Waals surface area contributed by atoms with Crippen molar-refractivity contribution in [1.82, 2.24) is 4.98 Å². The topological polar surface area (TPSA) is 32.9 Å². The average molecular weight is 248 g/mol. The number of hydrogen-bond acceptors (Lipinski definition) is 1. The Bertz CT molecular complexity index is 559.